The highest BCUT2D eigenvalue weighted by molar-refractivity contribution is 5.82. The van der Waals surface area contributed by atoms with Crippen LogP contribution in [0, 0.1) is 0 Å². The van der Waals surface area contributed by atoms with E-state index < -0.39 is 0 Å². The molecule has 3 aliphatic rings. The zero-order valence-corrected chi connectivity index (χ0v) is 10.5. The van der Waals surface area contributed by atoms with Gasteiger partial charge in [-0.3, -0.25) is 9.69 Å². The van der Waals surface area contributed by atoms with Crippen molar-refractivity contribution in [3.63, 3.8) is 0 Å². The zero-order chi connectivity index (χ0) is 11.7. The van der Waals surface area contributed by atoms with E-state index in [1.54, 1.807) is 0 Å². The van der Waals surface area contributed by atoms with Crippen molar-refractivity contribution in [1.82, 2.24) is 15.1 Å². The summed E-state index contributed by atoms with van der Waals surface area (Å²) in [6.07, 6.45) is 6.05. The number of carbonyl (C=O) groups excluding carboxylic acids is 1. The zero-order valence-electron chi connectivity index (χ0n) is 10.5. The molecular formula is C13H23N3O. The second-order valence-corrected chi connectivity index (χ2v) is 5.62. The van der Waals surface area contributed by atoms with E-state index in [1.165, 1.54) is 32.2 Å². The Hall–Kier alpha value is -0.610. The summed E-state index contributed by atoms with van der Waals surface area (Å²) < 4.78 is 0. The number of piperazine rings is 1. The van der Waals surface area contributed by atoms with Crippen LogP contribution in [0.3, 0.4) is 0 Å². The lowest BCUT2D eigenvalue weighted by Crippen LogP contribution is -2.57. The molecule has 3 fully saturated rings. The lowest BCUT2D eigenvalue weighted by molar-refractivity contribution is -0.136. The van der Waals surface area contributed by atoms with E-state index in [2.05, 4.69) is 15.1 Å². The number of piperidine rings is 1. The molecule has 0 radical (unpaired) electrons. The van der Waals surface area contributed by atoms with Gasteiger partial charge < -0.3 is 10.2 Å². The second kappa shape index (κ2) is 4.94. The number of hydrogen-bond donors (Lipinski definition) is 1. The molecule has 0 aromatic rings. The second-order valence-electron chi connectivity index (χ2n) is 5.62. The molecule has 17 heavy (non-hydrogen) atoms. The molecule has 0 spiro atoms. The third-order valence-electron chi connectivity index (χ3n) is 4.51. The summed E-state index contributed by atoms with van der Waals surface area (Å²) >= 11 is 0. The van der Waals surface area contributed by atoms with Gasteiger partial charge in [0.25, 0.3) is 0 Å². The van der Waals surface area contributed by atoms with Crippen molar-refractivity contribution >= 4 is 5.91 Å². The summed E-state index contributed by atoms with van der Waals surface area (Å²) in [5.74, 6) is 0.358. The number of amides is 1. The van der Waals surface area contributed by atoms with Gasteiger partial charge in [0.1, 0.15) is 0 Å². The van der Waals surface area contributed by atoms with E-state index in [-0.39, 0.29) is 6.04 Å². The van der Waals surface area contributed by atoms with Crippen LogP contribution in [0.15, 0.2) is 0 Å². The quantitative estimate of drug-likeness (QED) is 0.718. The molecule has 0 bridgehead atoms. The molecule has 0 saturated carbocycles. The number of nitrogens with one attached hydrogen (secondary N) is 1. The third-order valence-corrected chi connectivity index (χ3v) is 4.51. The highest BCUT2D eigenvalue weighted by Gasteiger charge is 2.34. The van der Waals surface area contributed by atoms with Crippen LogP contribution in [-0.2, 0) is 4.79 Å². The fourth-order valence-electron chi connectivity index (χ4n) is 3.47. The van der Waals surface area contributed by atoms with Crippen LogP contribution in [-0.4, -0.2) is 60.5 Å². The van der Waals surface area contributed by atoms with Crippen LogP contribution in [0.5, 0.6) is 0 Å². The standard InChI is InChI=1S/C13H23N3O/c17-13(12-5-1-2-6-14-12)16-9-8-15-7-3-4-11(15)10-16/h11-12,14H,1-10H2/t11?,12-/m0/s1. The van der Waals surface area contributed by atoms with Crippen LogP contribution in [0.4, 0.5) is 0 Å². The maximum atomic E-state index is 12.4. The Morgan fingerprint density at radius 1 is 1.06 bits per heavy atom. The van der Waals surface area contributed by atoms with Gasteiger partial charge in [-0.1, -0.05) is 6.42 Å². The summed E-state index contributed by atoms with van der Waals surface area (Å²) in [5, 5.41) is 3.37. The SMILES string of the molecule is O=C([C@@H]1CCCCN1)N1CCN2CCCC2C1. The fourth-order valence-corrected chi connectivity index (χ4v) is 3.47. The van der Waals surface area contributed by atoms with Crippen molar-refractivity contribution in [3.05, 3.63) is 0 Å². The number of nitrogens with zero attached hydrogens (tertiary/aromatic N) is 2. The van der Waals surface area contributed by atoms with Crippen LogP contribution in [0.1, 0.15) is 32.1 Å². The normalized spacial score (nSPS) is 34.7. The predicted octanol–water partition coefficient (Wildman–Crippen LogP) is 0.435. The average molecular weight is 237 g/mol. The van der Waals surface area contributed by atoms with Crippen LogP contribution in [0.2, 0.25) is 0 Å². The summed E-state index contributed by atoms with van der Waals surface area (Å²) in [7, 11) is 0. The van der Waals surface area contributed by atoms with Crippen molar-refractivity contribution in [3.8, 4) is 0 Å². The minimum Gasteiger partial charge on any atom is -0.338 e. The van der Waals surface area contributed by atoms with E-state index in [0.717, 1.165) is 32.6 Å². The maximum absolute atomic E-state index is 12.4. The molecule has 3 aliphatic heterocycles. The molecule has 4 heteroatoms. The van der Waals surface area contributed by atoms with Crippen molar-refractivity contribution in [2.75, 3.05) is 32.7 Å². The molecule has 4 nitrogen and oxygen atoms in total. The number of carbonyl (C=O) groups is 1. The Morgan fingerprint density at radius 3 is 2.82 bits per heavy atom. The molecule has 0 aromatic carbocycles. The van der Waals surface area contributed by atoms with Gasteiger partial charge in [-0.25, -0.2) is 0 Å². The Balaban J connectivity index is 1.58. The highest BCUT2D eigenvalue weighted by Crippen LogP contribution is 2.22. The molecule has 1 amide bonds. The summed E-state index contributed by atoms with van der Waals surface area (Å²) in [5.41, 5.74) is 0. The van der Waals surface area contributed by atoms with E-state index in [0.29, 0.717) is 11.9 Å². The molecule has 2 atom stereocenters. The van der Waals surface area contributed by atoms with Gasteiger partial charge in [0.05, 0.1) is 6.04 Å². The molecule has 3 heterocycles. The lowest BCUT2D eigenvalue weighted by atomic mass is 10.0. The predicted molar refractivity (Wildman–Crippen MR) is 66.8 cm³/mol. The minimum absolute atomic E-state index is 0.108. The van der Waals surface area contributed by atoms with E-state index in [1.807, 2.05) is 0 Å². The first-order valence-corrected chi connectivity index (χ1v) is 7.11. The number of rotatable bonds is 1. The Bertz CT molecular complexity index is 288. The molecule has 96 valence electrons. The molecule has 1 N–H and O–H groups in total. The van der Waals surface area contributed by atoms with Crippen LogP contribution < -0.4 is 5.32 Å². The molecular weight excluding hydrogens is 214 g/mol. The van der Waals surface area contributed by atoms with Gasteiger partial charge in [-0.05, 0) is 38.8 Å². The van der Waals surface area contributed by atoms with Gasteiger partial charge in [0, 0.05) is 25.7 Å². The molecule has 0 aromatic heterocycles. The van der Waals surface area contributed by atoms with E-state index >= 15 is 0 Å². The number of fused-ring (bicyclic) bond motifs is 1. The summed E-state index contributed by atoms with van der Waals surface area (Å²) in [6, 6.07) is 0.757. The largest absolute Gasteiger partial charge is 0.338 e. The maximum Gasteiger partial charge on any atom is 0.239 e. The van der Waals surface area contributed by atoms with Crippen LogP contribution >= 0.6 is 0 Å². The lowest BCUT2D eigenvalue weighted by Gasteiger charge is -2.39. The van der Waals surface area contributed by atoms with Crippen molar-refractivity contribution < 1.29 is 4.79 Å². The van der Waals surface area contributed by atoms with Gasteiger partial charge in [-0.15, -0.1) is 0 Å². The number of hydrogen-bond acceptors (Lipinski definition) is 3. The summed E-state index contributed by atoms with van der Waals surface area (Å²) in [4.78, 5) is 17.0. The fraction of sp³-hybridized carbons (Fsp3) is 0.923. The third kappa shape index (κ3) is 2.33. The molecule has 1 unspecified atom stereocenters. The average Bonchev–Trinajstić information content (AvgIpc) is 2.86. The Morgan fingerprint density at radius 2 is 2.00 bits per heavy atom. The van der Waals surface area contributed by atoms with Gasteiger partial charge >= 0.3 is 0 Å². The van der Waals surface area contributed by atoms with E-state index in [4.69, 9.17) is 0 Å². The van der Waals surface area contributed by atoms with Gasteiger partial charge in [-0.2, -0.15) is 0 Å². The first-order chi connectivity index (χ1) is 8.34. The molecule has 3 rings (SSSR count). The topological polar surface area (TPSA) is 35.6 Å². The summed E-state index contributed by atoms with van der Waals surface area (Å²) in [6.45, 7) is 5.25. The van der Waals surface area contributed by atoms with E-state index in [9.17, 15) is 4.79 Å². The highest BCUT2D eigenvalue weighted by atomic mass is 16.2. The van der Waals surface area contributed by atoms with Crippen molar-refractivity contribution in [2.24, 2.45) is 0 Å². The molecule has 0 aliphatic carbocycles. The monoisotopic (exact) mass is 237 g/mol. The minimum atomic E-state index is 0.108. The van der Waals surface area contributed by atoms with Gasteiger partial charge in [0.15, 0.2) is 0 Å². The first-order valence-electron chi connectivity index (χ1n) is 7.11. The smallest absolute Gasteiger partial charge is 0.239 e. The van der Waals surface area contributed by atoms with Crippen molar-refractivity contribution in [2.45, 2.75) is 44.2 Å². The molecule has 3 saturated heterocycles. The Labute approximate surface area is 103 Å². The van der Waals surface area contributed by atoms with Gasteiger partial charge in [0.2, 0.25) is 5.91 Å². The Kier molecular flexibility index (Phi) is 3.34. The first kappa shape index (κ1) is 11.5. The van der Waals surface area contributed by atoms with Crippen LogP contribution in [0.25, 0.3) is 0 Å². The van der Waals surface area contributed by atoms with Crippen molar-refractivity contribution in [1.29, 1.82) is 0 Å².